The number of nitrogens with one attached hydrogen (secondary N) is 1. The van der Waals surface area contributed by atoms with Crippen molar-refractivity contribution in [3.63, 3.8) is 0 Å². The van der Waals surface area contributed by atoms with Gasteiger partial charge in [-0.2, -0.15) is 8.42 Å². The minimum atomic E-state index is -3.59. The maximum atomic E-state index is 13.2. The Morgan fingerprint density at radius 3 is 2.20 bits per heavy atom. The summed E-state index contributed by atoms with van der Waals surface area (Å²) in [4.78, 5) is 13.2. The van der Waals surface area contributed by atoms with Crippen molar-refractivity contribution >= 4 is 16.0 Å². The van der Waals surface area contributed by atoms with Gasteiger partial charge in [0.15, 0.2) is 0 Å². The Balaban J connectivity index is 1.95. The molecular formula is C24H25NO4S. The molecule has 3 aromatic rings. The first-order valence-corrected chi connectivity index (χ1v) is 11.5. The molecule has 0 aliphatic carbocycles. The Bertz CT molecular complexity index is 1100. The zero-order chi connectivity index (χ0) is 21.6. The third-order valence-corrected chi connectivity index (χ3v) is 5.28. The van der Waals surface area contributed by atoms with E-state index in [1.54, 1.807) is 6.92 Å². The molecule has 0 aliphatic heterocycles. The minimum absolute atomic E-state index is 0.208. The molecule has 6 heteroatoms. The van der Waals surface area contributed by atoms with Gasteiger partial charge in [0.2, 0.25) is 0 Å². The molecule has 3 aromatic carbocycles. The van der Waals surface area contributed by atoms with Crippen LogP contribution in [-0.4, -0.2) is 26.7 Å². The third-order valence-electron chi connectivity index (χ3n) is 4.60. The van der Waals surface area contributed by atoms with E-state index in [1.165, 1.54) is 0 Å². The molecule has 0 heterocycles. The maximum Gasteiger partial charge on any atom is 0.264 e. The standard InChI is InChI=1S/C24H25NO4S/c1-18(29-30(2,27)28)16-21-14-9-15-22(20-12-7-4-8-13-20)23(21)24(26)25-17-19-10-5-3-6-11-19/h3-15,18H,16-17H2,1-2H3,(H,25,26). The van der Waals surface area contributed by atoms with Gasteiger partial charge < -0.3 is 5.32 Å². The molecule has 1 unspecified atom stereocenters. The topological polar surface area (TPSA) is 72.5 Å². The number of carbonyl (C=O) groups is 1. The number of amides is 1. The molecule has 1 N–H and O–H groups in total. The Morgan fingerprint density at radius 1 is 0.933 bits per heavy atom. The van der Waals surface area contributed by atoms with Crippen LogP contribution in [-0.2, 0) is 27.3 Å². The van der Waals surface area contributed by atoms with Crippen molar-refractivity contribution in [2.75, 3.05) is 6.26 Å². The molecule has 0 aliphatic rings. The summed E-state index contributed by atoms with van der Waals surface area (Å²) in [6, 6.07) is 25.0. The fourth-order valence-electron chi connectivity index (χ4n) is 3.41. The molecule has 1 amide bonds. The summed E-state index contributed by atoms with van der Waals surface area (Å²) in [7, 11) is -3.59. The highest BCUT2D eigenvalue weighted by Gasteiger charge is 2.20. The first-order valence-electron chi connectivity index (χ1n) is 9.71. The smallest absolute Gasteiger partial charge is 0.264 e. The van der Waals surface area contributed by atoms with Crippen LogP contribution in [0.25, 0.3) is 11.1 Å². The van der Waals surface area contributed by atoms with E-state index in [-0.39, 0.29) is 5.91 Å². The van der Waals surface area contributed by atoms with E-state index < -0.39 is 16.2 Å². The van der Waals surface area contributed by atoms with Crippen molar-refractivity contribution in [1.82, 2.24) is 5.32 Å². The first kappa shape index (κ1) is 21.7. The molecule has 0 spiro atoms. The van der Waals surface area contributed by atoms with Gasteiger partial charge in [-0.1, -0.05) is 78.9 Å². The van der Waals surface area contributed by atoms with Gasteiger partial charge in [-0.05, 0) is 29.2 Å². The van der Waals surface area contributed by atoms with Gasteiger partial charge in [-0.15, -0.1) is 0 Å². The van der Waals surface area contributed by atoms with E-state index in [4.69, 9.17) is 4.18 Å². The highest BCUT2D eigenvalue weighted by Crippen LogP contribution is 2.28. The molecule has 0 radical (unpaired) electrons. The van der Waals surface area contributed by atoms with Crippen molar-refractivity contribution in [3.05, 3.63) is 95.6 Å². The maximum absolute atomic E-state index is 13.2. The van der Waals surface area contributed by atoms with Crippen LogP contribution in [0.1, 0.15) is 28.4 Å². The van der Waals surface area contributed by atoms with Crippen LogP contribution in [0.4, 0.5) is 0 Å². The van der Waals surface area contributed by atoms with Crippen molar-refractivity contribution < 1.29 is 17.4 Å². The highest BCUT2D eigenvalue weighted by molar-refractivity contribution is 7.86. The fourth-order valence-corrected chi connectivity index (χ4v) is 4.07. The average molecular weight is 424 g/mol. The molecule has 0 aromatic heterocycles. The summed E-state index contributed by atoms with van der Waals surface area (Å²) >= 11 is 0. The van der Waals surface area contributed by atoms with Crippen molar-refractivity contribution in [1.29, 1.82) is 0 Å². The summed E-state index contributed by atoms with van der Waals surface area (Å²) in [5, 5.41) is 2.99. The Kier molecular flexibility index (Phi) is 7.03. The summed E-state index contributed by atoms with van der Waals surface area (Å²) in [6.45, 7) is 2.08. The molecular weight excluding hydrogens is 398 g/mol. The minimum Gasteiger partial charge on any atom is -0.348 e. The molecule has 0 saturated carbocycles. The van der Waals surface area contributed by atoms with Crippen LogP contribution >= 0.6 is 0 Å². The number of rotatable bonds is 8. The van der Waals surface area contributed by atoms with E-state index >= 15 is 0 Å². The lowest BCUT2D eigenvalue weighted by molar-refractivity contribution is 0.0950. The predicted molar refractivity (Wildman–Crippen MR) is 119 cm³/mol. The number of hydrogen-bond donors (Lipinski definition) is 1. The van der Waals surface area contributed by atoms with Gasteiger partial charge in [-0.25, -0.2) is 0 Å². The van der Waals surface area contributed by atoms with Crippen LogP contribution in [0.3, 0.4) is 0 Å². The number of benzene rings is 3. The van der Waals surface area contributed by atoms with Gasteiger partial charge in [0, 0.05) is 13.0 Å². The van der Waals surface area contributed by atoms with Gasteiger partial charge in [-0.3, -0.25) is 8.98 Å². The number of carbonyl (C=O) groups excluding carboxylic acids is 1. The van der Waals surface area contributed by atoms with Crippen LogP contribution in [0, 0.1) is 0 Å². The quantitative estimate of drug-likeness (QED) is 0.552. The highest BCUT2D eigenvalue weighted by atomic mass is 32.2. The van der Waals surface area contributed by atoms with E-state index in [9.17, 15) is 13.2 Å². The lowest BCUT2D eigenvalue weighted by atomic mass is 9.92. The first-order chi connectivity index (χ1) is 14.3. The van der Waals surface area contributed by atoms with Gasteiger partial charge in [0.1, 0.15) is 0 Å². The summed E-state index contributed by atoms with van der Waals surface area (Å²) in [5.41, 5.74) is 3.98. The van der Waals surface area contributed by atoms with Gasteiger partial charge in [0.25, 0.3) is 16.0 Å². The zero-order valence-electron chi connectivity index (χ0n) is 17.0. The van der Waals surface area contributed by atoms with E-state index in [0.29, 0.717) is 18.5 Å². The SMILES string of the molecule is CC(Cc1cccc(-c2ccccc2)c1C(=O)NCc1ccccc1)OS(C)(=O)=O. The van der Waals surface area contributed by atoms with Crippen LogP contribution < -0.4 is 5.32 Å². The van der Waals surface area contributed by atoms with E-state index in [0.717, 1.165) is 28.5 Å². The third kappa shape index (κ3) is 6.02. The van der Waals surface area contributed by atoms with Crippen LogP contribution in [0.15, 0.2) is 78.9 Å². The predicted octanol–water partition coefficient (Wildman–Crippen LogP) is 4.19. The van der Waals surface area contributed by atoms with E-state index in [1.807, 2.05) is 78.9 Å². The second kappa shape index (κ2) is 9.69. The normalized spacial score (nSPS) is 12.3. The lowest BCUT2D eigenvalue weighted by Gasteiger charge is -2.18. The number of hydrogen-bond acceptors (Lipinski definition) is 4. The molecule has 0 bridgehead atoms. The summed E-state index contributed by atoms with van der Waals surface area (Å²) in [6.07, 6.45) is 0.728. The molecule has 0 fully saturated rings. The lowest BCUT2D eigenvalue weighted by Crippen LogP contribution is -2.26. The Labute approximate surface area is 177 Å². The molecule has 156 valence electrons. The van der Waals surface area contributed by atoms with Crippen LogP contribution in [0.2, 0.25) is 0 Å². The Morgan fingerprint density at radius 2 is 1.57 bits per heavy atom. The van der Waals surface area contributed by atoms with E-state index in [2.05, 4.69) is 5.32 Å². The largest absolute Gasteiger partial charge is 0.348 e. The van der Waals surface area contributed by atoms with Gasteiger partial charge >= 0.3 is 0 Å². The van der Waals surface area contributed by atoms with Gasteiger partial charge in [0.05, 0.1) is 17.9 Å². The molecule has 5 nitrogen and oxygen atoms in total. The average Bonchev–Trinajstić information content (AvgIpc) is 2.72. The second-order valence-electron chi connectivity index (χ2n) is 7.19. The van der Waals surface area contributed by atoms with Crippen LogP contribution in [0.5, 0.6) is 0 Å². The molecule has 30 heavy (non-hydrogen) atoms. The summed E-state index contributed by atoms with van der Waals surface area (Å²) in [5.74, 6) is -0.208. The monoisotopic (exact) mass is 423 g/mol. The van der Waals surface area contributed by atoms with Crippen molar-refractivity contribution in [3.8, 4) is 11.1 Å². The fraction of sp³-hybridized carbons (Fsp3) is 0.208. The molecule has 1 atom stereocenters. The molecule has 3 rings (SSSR count). The zero-order valence-corrected chi connectivity index (χ0v) is 17.9. The van der Waals surface area contributed by atoms with Crippen molar-refractivity contribution in [2.24, 2.45) is 0 Å². The summed E-state index contributed by atoms with van der Waals surface area (Å²) < 4.78 is 28.1. The Hall–Kier alpha value is -2.96. The molecule has 0 saturated heterocycles. The van der Waals surface area contributed by atoms with Crippen molar-refractivity contribution in [2.45, 2.75) is 26.0 Å². The second-order valence-corrected chi connectivity index (χ2v) is 8.79.